The third kappa shape index (κ3) is 5.12. The topological polar surface area (TPSA) is 167 Å². The van der Waals surface area contributed by atoms with E-state index in [1.807, 2.05) is 0 Å². The molecular weight excluding hydrogens is 402 g/mol. The maximum Gasteiger partial charge on any atom is 0.219 e. The molecule has 10 atom stereocenters. The Morgan fingerprint density at radius 2 is 1.63 bits per heavy atom. The summed E-state index contributed by atoms with van der Waals surface area (Å²) >= 11 is 0. The van der Waals surface area contributed by atoms with E-state index < -0.39 is 67.8 Å². The second-order valence-corrected chi connectivity index (χ2v) is 8.02. The quantitative estimate of drug-likeness (QED) is 0.280. The zero-order valence-corrected chi connectivity index (χ0v) is 17.0. The molecule has 6 aliphatic rings. The molecule has 6 N–H and O–H groups in total. The molecule has 0 spiro atoms. The molecule has 174 valence electrons. The largest absolute Gasteiger partial charge is 0.394 e. The lowest BCUT2D eigenvalue weighted by Gasteiger charge is -2.47. The van der Waals surface area contributed by atoms with Gasteiger partial charge < -0.3 is 49.8 Å². The van der Waals surface area contributed by atoms with E-state index in [1.165, 1.54) is 0 Å². The fourth-order valence-electron chi connectivity index (χ4n) is 4.19. The highest BCUT2D eigenvalue weighted by Gasteiger charge is 2.51. The van der Waals surface area contributed by atoms with Gasteiger partial charge in [-0.1, -0.05) is 13.3 Å². The first kappa shape index (κ1) is 23.8. The maximum atomic E-state index is 11.7. The van der Waals surface area contributed by atoms with Gasteiger partial charge in [0.2, 0.25) is 5.91 Å². The van der Waals surface area contributed by atoms with Crippen molar-refractivity contribution < 1.29 is 49.3 Å². The molecule has 30 heavy (non-hydrogen) atoms. The number of amides is 1. The number of ether oxygens (including phenoxy) is 4. The summed E-state index contributed by atoms with van der Waals surface area (Å²) in [5.74, 6) is -0.624. The maximum absolute atomic E-state index is 11.7. The highest BCUT2D eigenvalue weighted by molar-refractivity contribution is 5.75. The summed E-state index contributed by atoms with van der Waals surface area (Å²) in [7, 11) is 0. The molecule has 6 rings (SSSR count). The number of aliphatic hydroxyl groups is 5. The van der Waals surface area contributed by atoms with E-state index in [1.54, 1.807) is 6.92 Å². The van der Waals surface area contributed by atoms with E-state index in [9.17, 15) is 30.3 Å². The van der Waals surface area contributed by atoms with Gasteiger partial charge in [-0.2, -0.15) is 0 Å². The van der Waals surface area contributed by atoms with Crippen LogP contribution in [0, 0.1) is 5.92 Å². The molecule has 0 saturated carbocycles. The Labute approximate surface area is 174 Å². The van der Waals surface area contributed by atoms with Crippen molar-refractivity contribution in [3.63, 3.8) is 0 Å². The average Bonchev–Trinajstić information content (AvgIpc) is 2.75. The number of carbonyl (C=O) groups is 1. The Kier molecular flexibility index (Phi) is 8.41. The standard InChI is InChI=1S/C19H33NO10/c1-2-12(22)20-7-10-9-5-3-4-6-27-18-16(26)14(24)17(11(8-21)29-18)30-19(28-10)15(25)13(9)23/h9-11,13-19,21,23-26H,2-8H2,1H3,(H,20,22)/t9?,10?,11?,13-,14+,15?,16?,17?,18+,19-/m1/s1. The molecule has 0 aromatic carbocycles. The number of rotatable bonds is 4. The van der Waals surface area contributed by atoms with Crippen LogP contribution in [0.4, 0.5) is 0 Å². The number of hydrogen-bond donors (Lipinski definition) is 6. The number of aliphatic hydroxyl groups excluding tert-OH is 5. The van der Waals surface area contributed by atoms with Gasteiger partial charge in [0.1, 0.15) is 30.5 Å². The lowest BCUT2D eigenvalue weighted by Crippen LogP contribution is -2.64. The lowest BCUT2D eigenvalue weighted by molar-refractivity contribution is -0.355. The Balaban J connectivity index is 1.84. The van der Waals surface area contributed by atoms with E-state index in [4.69, 9.17) is 18.9 Å². The highest BCUT2D eigenvalue weighted by atomic mass is 16.7. The third-order valence-corrected chi connectivity index (χ3v) is 6.00. The van der Waals surface area contributed by atoms with Crippen molar-refractivity contribution >= 4 is 5.91 Å². The van der Waals surface area contributed by atoms with Crippen LogP contribution in [0.25, 0.3) is 0 Å². The molecule has 6 fully saturated rings. The predicted molar refractivity (Wildman–Crippen MR) is 99.9 cm³/mol. The summed E-state index contributed by atoms with van der Waals surface area (Å²) in [4.78, 5) is 11.7. The number of hydrogen-bond acceptors (Lipinski definition) is 10. The van der Waals surface area contributed by atoms with E-state index in [-0.39, 0.29) is 19.1 Å². The SMILES string of the molecule is CCC(=O)NCC1O[C@@H]2OC3C(CO)O[C@H](OCCCCC1[C@@H](O)C2O)C(O)[C@@H]3O. The van der Waals surface area contributed by atoms with Crippen LogP contribution >= 0.6 is 0 Å². The molecule has 11 heteroatoms. The zero-order chi connectivity index (χ0) is 21.8. The van der Waals surface area contributed by atoms with Crippen LogP contribution < -0.4 is 5.32 Å². The van der Waals surface area contributed by atoms with E-state index >= 15 is 0 Å². The fourth-order valence-corrected chi connectivity index (χ4v) is 4.19. The Morgan fingerprint density at radius 1 is 0.933 bits per heavy atom. The molecular formula is C19H33NO10. The van der Waals surface area contributed by atoms with Crippen LogP contribution in [0.3, 0.4) is 0 Å². The number of carbonyl (C=O) groups excluding carboxylic acids is 1. The molecule has 6 unspecified atom stereocenters. The summed E-state index contributed by atoms with van der Waals surface area (Å²) in [5, 5.41) is 54.6. The summed E-state index contributed by atoms with van der Waals surface area (Å²) in [6.45, 7) is 1.54. The summed E-state index contributed by atoms with van der Waals surface area (Å²) < 4.78 is 22.7. The molecule has 11 nitrogen and oxygen atoms in total. The monoisotopic (exact) mass is 435 g/mol. The lowest BCUT2D eigenvalue weighted by atomic mass is 9.84. The predicted octanol–water partition coefficient (Wildman–Crippen LogP) is -2.40. The second kappa shape index (κ2) is 10.6. The first-order valence-electron chi connectivity index (χ1n) is 10.5. The van der Waals surface area contributed by atoms with E-state index in [2.05, 4.69) is 5.32 Å². The van der Waals surface area contributed by atoms with Gasteiger partial charge in [-0.25, -0.2) is 0 Å². The molecule has 4 bridgehead atoms. The van der Waals surface area contributed by atoms with Crippen LogP contribution in [0.5, 0.6) is 0 Å². The minimum absolute atomic E-state index is 0.120. The molecule has 6 aliphatic heterocycles. The van der Waals surface area contributed by atoms with Crippen molar-refractivity contribution in [3.05, 3.63) is 0 Å². The van der Waals surface area contributed by atoms with Crippen LogP contribution in [-0.2, 0) is 23.7 Å². The minimum atomic E-state index is -1.48. The van der Waals surface area contributed by atoms with Crippen LogP contribution in [0.2, 0.25) is 0 Å². The van der Waals surface area contributed by atoms with Crippen molar-refractivity contribution in [2.24, 2.45) is 5.92 Å². The van der Waals surface area contributed by atoms with Crippen molar-refractivity contribution in [2.45, 2.75) is 87.9 Å². The summed E-state index contributed by atoms with van der Waals surface area (Å²) in [5.41, 5.74) is 0. The van der Waals surface area contributed by atoms with Crippen molar-refractivity contribution in [3.8, 4) is 0 Å². The van der Waals surface area contributed by atoms with Gasteiger partial charge >= 0.3 is 0 Å². The second-order valence-electron chi connectivity index (χ2n) is 8.02. The highest BCUT2D eigenvalue weighted by Crippen LogP contribution is 2.34. The molecule has 0 aromatic heterocycles. The van der Waals surface area contributed by atoms with Gasteiger partial charge in [0.05, 0.1) is 18.8 Å². The van der Waals surface area contributed by atoms with Gasteiger partial charge in [-0.05, 0) is 12.8 Å². The first-order chi connectivity index (χ1) is 14.4. The van der Waals surface area contributed by atoms with Crippen molar-refractivity contribution in [2.75, 3.05) is 19.8 Å². The van der Waals surface area contributed by atoms with Crippen LogP contribution in [0.15, 0.2) is 0 Å². The Bertz CT molecular complexity index is 563. The van der Waals surface area contributed by atoms with Gasteiger partial charge in [-0.15, -0.1) is 0 Å². The van der Waals surface area contributed by atoms with Crippen LogP contribution in [-0.4, -0.2) is 107 Å². The number of nitrogens with one attached hydrogen (secondary N) is 1. The minimum Gasteiger partial charge on any atom is -0.394 e. The molecule has 0 radical (unpaired) electrons. The smallest absolute Gasteiger partial charge is 0.219 e. The zero-order valence-electron chi connectivity index (χ0n) is 17.0. The normalized spacial score (nSPS) is 45.1. The Morgan fingerprint density at radius 3 is 2.33 bits per heavy atom. The third-order valence-electron chi connectivity index (χ3n) is 6.00. The molecule has 0 aliphatic carbocycles. The first-order valence-corrected chi connectivity index (χ1v) is 10.5. The molecule has 6 saturated heterocycles. The molecule has 0 aromatic rings. The van der Waals surface area contributed by atoms with E-state index in [0.717, 1.165) is 0 Å². The van der Waals surface area contributed by atoms with Crippen molar-refractivity contribution in [1.29, 1.82) is 0 Å². The Hall–Kier alpha value is -0.890. The van der Waals surface area contributed by atoms with Gasteiger partial charge in [0, 0.05) is 25.5 Å². The van der Waals surface area contributed by atoms with Gasteiger partial charge in [0.15, 0.2) is 12.6 Å². The van der Waals surface area contributed by atoms with E-state index in [0.29, 0.717) is 25.7 Å². The summed E-state index contributed by atoms with van der Waals surface area (Å²) in [6, 6.07) is 0. The average molecular weight is 435 g/mol. The van der Waals surface area contributed by atoms with Crippen molar-refractivity contribution in [1.82, 2.24) is 5.32 Å². The van der Waals surface area contributed by atoms with Crippen LogP contribution in [0.1, 0.15) is 32.6 Å². The van der Waals surface area contributed by atoms with Gasteiger partial charge in [0.25, 0.3) is 0 Å². The molecule has 1 amide bonds. The fraction of sp³-hybridized carbons (Fsp3) is 0.947. The van der Waals surface area contributed by atoms with Gasteiger partial charge in [-0.3, -0.25) is 4.79 Å². The summed E-state index contributed by atoms with van der Waals surface area (Å²) in [6.07, 6.45) is -8.91. The molecule has 6 heterocycles.